The van der Waals surface area contributed by atoms with Crippen LogP contribution in [0.5, 0.6) is 5.75 Å². The van der Waals surface area contributed by atoms with Crippen molar-refractivity contribution in [3.05, 3.63) is 90.3 Å². The van der Waals surface area contributed by atoms with Crippen molar-refractivity contribution in [2.75, 3.05) is 18.5 Å². The van der Waals surface area contributed by atoms with E-state index in [9.17, 15) is 13.2 Å². The van der Waals surface area contributed by atoms with Crippen molar-refractivity contribution in [1.82, 2.24) is 10.1 Å². The van der Waals surface area contributed by atoms with Crippen LogP contribution in [0.4, 0.5) is 5.69 Å². The van der Waals surface area contributed by atoms with E-state index in [2.05, 4.69) is 10.1 Å². The Morgan fingerprint density at radius 3 is 2.44 bits per heavy atom. The predicted molar refractivity (Wildman–Crippen MR) is 124 cm³/mol. The van der Waals surface area contributed by atoms with Crippen LogP contribution in [0.2, 0.25) is 0 Å². The summed E-state index contributed by atoms with van der Waals surface area (Å²) in [6.45, 7) is -0.261. The summed E-state index contributed by atoms with van der Waals surface area (Å²) in [5.74, 6) is 0.418. The average Bonchev–Trinajstić information content (AvgIpc) is 3.36. The minimum atomic E-state index is -3.87. The van der Waals surface area contributed by atoms with Crippen molar-refractivity contribution in [2.45, 2.75) is 11.5 Å². The molecule has 0 unspecified atom stereocenters. The van der Waals surface area contributed by atoms with Gasteiger partial charge in [-0.2, -0.15) is 4.98 Å². The molecule has 0 saturated carbocycles. The molecule has 9 nitrogen and oxygen atoms in total. The number of para-hydroxylation sites is 1. The highest BCUT2D eigenvalue weighted by molar-refractivity contribution is 7.92. The molecule has 4 rings (SSSR count). The zero-order valence-electron chi connectivity index (χ0n) is 18.4. The summed E-state index contributed by atoms with van der Waals surface area (Å²) >= 11 is 0. The lowest BCUT2D eigenvalue weighted by molar-refractivity contribution is 0.0429. The summed E-state index contributed by atoms with van der Waals surface area (Å²) < 4.78 is 42.7. The van der Waals surface area contributed by atoms with Crippen LogP contribution in [0.1, 0.15) is 16.2 Å². The van der Waals surface area contributed by atoms with Gasteiger partial charge in [-0.25, -0.2) is 13.2 Å². The maximum Gasteiger partial charge on any atom is 0.338 e. The van der Waals surface area contributed by atoms with Gasteiger partial charge < -0.3 is 14.0 Å². The number of esters is 1. The van der Waals surface area contributed by atoms with Gasteiger partial charge >= 0.3 is 5.97 Å². The lowest BCUT2D eigenvalue weighted by Crippen LogP contribution is -2.26. The van der Waals surface area contributed by atoms with E-state index in [4.69, 9.17) is 14.0 Å². The Hall–Kier alpha value is -4.18. The summed E-state index contributed by atoms with van der Waals surface area (Å²) in [4.78, 5) is 16.7. The molecule has 0 amide bonds. The van der Waals surface area contributed by atoms with Gasteiger partial charge in [-0.3, -0.25) is 4.31 Å². The predicted octanol–water partition coefficient (Wildman–Crippen LogP) is 3.93. The number of carbonyl (C=O) groups excluding carboxylic acids is 1. The van der Waals surface area contributed by atoms with Crippen molar-refractivity contribution >= 4 is 21.7 Å². The van der Waals surface area contributed by atoms with Crippen LogP contribution >= 0.6 is 0 Å². The molecule has 0 aliphatic heterocycles. The van der Waals surface area contributed by atoms with Gasteiger partial charge in [0.1, 0.15) is 5.75 Å². The Labute approximate surface area is 196 Å². The zero-order valence-corrected chi connectivity index (χ0v) is 19.2. The molecule has 3 aromatic carbocycles. The fraction of sp³-hybridized carbons (Fsp3) is 0.125. The first-order chi connectivity index (χ1) is 16.4. The van der Waals surface area contributed by atoms with E-state index >= 15 is 0 Å². The number of aromatic nitrogens is 2. The van der Waals surface area contributed by atoms with E-state index in [1.54, 1.807) is 61.7 Å². The molecule has 4 aromatic rings. The normalized spacial score (nSPS) is 11.1. The Morgan fingerprint density at radius 1 is 1.00 bits per heavy atom. The lowest BCUT2D eigenvalue weighted by atomic mass is 10.2. The number of rotatable bonds is 8. The number of methoxy groups -OCH3 is 1. The number of anilines is 1. The number of hydrogen-bond donors (Lipinski definition) is 0. The molecule has 34 heavy (non-hydrogen) atoms. The van der Waals surface area contributed by atoms with Crippen LogP contribution in [-0.2, 0) is 21.4 Å². The van der Waals surface area contributed by atoms with Gasteiger partial charge in [0, 0.05) is 12.6 Å². The van der Waals surface area contributed by atoms with Crippen molar-refractivity contribution in [3.63, 3.8) is 0 Å². The van der Waals surface area contributed by atoms with E-state index in [1.807, 2.05) is 0 Å². The fourth-order valence-corrected chi connectivity index (χ4v) is 4.34. The first-order valence-corrected chi connectivity index (χ1v) is 11.6. The Morgan fingerprint density at radius 2 is 1.74 bits per heavy atom. The van der Waals surface area contributed by atoms with Gasteiger partial charge in [0.05, 0.1) is 23.3 Å². The van der Waals surface area contributed by atoms with Crippen molar-refractivity contribution in [3.8, 4) is 17.1 Å². The highest BCUT2D eigenvalue weighted by atomic mass is 32.2. The number of hydrogen-bond acceptors (Lipinski definition) is 8. The molecule has 174 valence electrons. The van der Waals surface area contributed by atoms with Crippen LogP contribution in [0, 0.1) is 0 Å². The lowest BCUT2D eigenvalue weighted by Gasteiger charge is -2.19. The molecule has 0 spiro atoms. The number of carbonyl (C=O) groups is 1. The molecule has 0 bridgehead atoms. The molecule has 10 heteroatoms. The SMILES string of the molecule is COc1ccc(-c2noc(COC(=O)c3cccc(S(=O)(=O)N(C)c4ccccc4)c3)n2)cc1. The molecule has 0 atom stereocenters. The van der Waals surface area contributed by atoms with Gasteiger partial charge in [0.2, 0.25) is 5.82 Å². The monoisotopic (exact) mass is 479 g/mol. The van der Waals surface area contributed by atoms with Gasteiger partial charge in [0.15, 0.2) is 6.61 Å². The first kappa shape index (κ1) is 23.0. The quantitative estimate of drug-likeness (QED) is 0.350. The number of ether oxygens (including phenoxy) is 2. The van der Waals surface area contributed by atoms with E-state index in [-0.39, 0.29) is 23.0 Å². The van der Waals surface area contributed by atoms with E-state index in [1.165, 1.54) is 31.3 Å². The number of benzene rings is 3. The summed E-state index contributed by atoms with van der Waals surface area (Å²) in [6, 6.07) is 21.4. The van der Waals surface area contributed by atoms with E-state index in [0.717, 1.165) is 4.31 Å². The van der Waals surface area contributed by atoms with E-state index < -0.39 is 16.0 Å². The van der Waals surface area contributed by atoms with Crippen LogP contribution < -0.4 is 9.04 Å². The molecule has 1 aromatic heterocycles. The molecular formula is C24H21N3O6S. The average molecular weight is 480 g/mol. The molecule has 0 fully saturated rings. The zero-order chi connectivity index (χ0) is 24.1. The Balaban J connectivity index is 1.44. The molecule has 0 aliphatic carbocycles. The largest absolute Gasteiger partial charge is 0.497 e. The highest BCUT2D eigenvalue weighted by Crippen LogP contribution is 2.23. The first-order valence-electron chi connectivity index (χ1n) is 10.2. The fourth-order valence-electron chi connectivity index (χ4n) is 3.10. The third kappa shape index (κ3) is 4.91. The summed E-state index contributed by atoms with van der Waals surface area (Å²) in [5, 5.41) is 3.88. The summed E-state index contributed by atoms with van der Waals surface area (Å²) in [5.41, 5.74) is 1.29. The van der Waals surface area contributed by atoms with Gasteiger partial charge in [-0.05, 0) is 54.6 Å². The second-order valence-corrected chi connectivity index (χ2v) is 9.12. The molecular weight excluding hydrogens is 458 g/mol. The molecule has 0 saturated heterocycles. The van der Waals surface area contributed by atoms with Crippen LogP contribution in [0.25, 0.3) is 11.4 Å². The number of nitrogens with zero attached hydrogens (tertiary/aromatic N) is 3. The number of sulfonamides is 1. The molecule has 0 N–H and O–H groups in total. The molecule has 1 heterocycles. The minimum absolute atomic E-state index is 0.0344. The van der Waals surface area contributed by atoms with Gasteiger partial charge in [0.25, 0.3) is 15.9 Å². The molecule has 0 radical (unpaired) electrons. The van der Waals surface area contributed by atoms with Crippen molar-refractivity contribution in [1.29, 1.82) is 0 Å². The summed E-state index contributed by atoms with van der Waals surface area (Å²) in [7, 11) is -0.850. The van der Waals surface area contributed by atoms with E-state index in [0.29, 0.717) is 22.8 Å². The van der Waals surface area contributed by atoms with Gasteiger partial charge in [-0.1, -0.05) is 29.4 Å². The van der Waals surface area contributed by atoms with Crippen LogP contribution in [0.15, 0.2) is 88.3 Å². The van der Waals surface area contributed by atoms with Crippen molar-refractivity contribution < 1.29 is 27.2 Å². The van der Waals surface area contributed by atoms with Gasteiger partial charge in [-0.15, -0.1) is 0 Å². The standard InChI is InChI=1S/C24H21N3O6S/c1-27(19-8-4-3-5-9-19)34(29,30)21-10-6-7-18(15-21)24(28)32-16-22-25-23(26-33-22)17-11-13-20(31-2)14-12-17/h3-15H,16H2,1-2H3. The smallest absolute Gasteiger partial charge is 0.338 e. The highest BCUT2D eigenvalue weighted by Gasteiger charge is 2.23. The second-order valence-electron chi connectivity index (χ2n) is 7.15. The van der Waals surface area contributed by atoms with Crippen LogP contribution in [0.3, 0.4) is 0 Å². The minimum Gasteiger partial charge on any atom is -0.497 e. The maximum atomic E-state index is 13.0. The topological polar surface area (TPSA) is 112 Å². The van der Waals surface area contributed by atoms with Crippen molar-refractivity contribution in [2.24, 2.45) is 0 Å². The Kier molecular flexibility index (Phi) is 6.60. The van der Waals surface area contributed by atoms with Crippen LogP contribution in [-0.4, -0.2) is 38.7 Å². The third-order valence-corrected chi connectivity index (χ3v) is 6.77. The third-order valence-electron chi connectivity index (χ3n) is 4.99. The Bertz CT molecular complexity index is 1390. The molecule has 0 aliphatic rings. The second kappa shape index (κ2) is 9.75. The maximum absolute atomic E-state index is 13.0. The summed E-state index contributed by atoms with van der Waals surface area (Å²) in [6.07, 6.45) is 0.